The molecule has 0 aliphatic carbocycles. The van der Waals surface area contributed by atoms with Gasteiger partial charge in [0.2, 0.25) is 0 Å². The number of sulfone groups is 1. The van der Waals surface area contributed by atoms with E-state index in [1.165, 1.54) is 6.92 Å². The Morgan fingerprint density at radius 3 is 2.00 bits per heavy atom. The van der Waals surface area contributed by atoms with E-state index in [4.69, 9.17) is 5.73 Å². The van der Waals surface area contributed by atoms with Crippen LogP contribution in [0.5, 0.6) is 0 Å². The van der Waals surface area contributed by atoms with E-state index in [2.05, 4.69) is 12.2 Å². The second kappa shape index (κ2) is 2.62. The average Bonchev–Trinajstić information content (AvgIpc) is 1.62. The van der Waals surface area contributed by atoms with Crippen molar-refractivity contribution in [3.63, 3.8) is 0 Å². The molecule has 0 radical (unpaired) electrons. The molecule has 0 heterocycles. The molecule has 5 heteroatoms. The summed E-state index contributed by atoms with van der Waals surface area (Å²) in [6, 6.07) is 0. The second-order valence-electron chi connectivity index (χ2n) is 1.87. The van der Waals surface area contributed by atoms with Crippen molar-refractivity contribution in [1.29, 1.82) is 0 Å². The Kier molecular flexibility index (Phi) is 2.57. The zero-order valence-corrected chi connectivity index (χ0v) is 6.92. The second-order valence-corrected chi connectivity index (χ2v) is 4.71. The summed E-state index contributed by atoms with van der Waals surface area (Å²) in [5.41, 5.74) is 5.07. The minimum Gasteiger partial charge on any atom is -0.392 e. The molecule has 0 saturated heterocycles. The molecule has 54 valence electrons. The Hall–Kier alpha value is -0.160. The SMILES string of the molecule is CC(C(N)=S)S(C)(=O)=O. The summed E-state index contributed by atoms with van der Waals surface area (Å²) in [6.07, 6.45) is 1.11. The first kappa shape index (κ1) is 8.84. The van der Waals surface area contributed by atoms with Crippen LogP contribution in [-0.4, -0.2) is 24.9 Å². The van der Waals surface area contributed by atoms with Gasteiger partial charge in [0.1, 0.15) is 5.25 Å². The summed E-state index contributed by atoms with van der Waals surface area (Å²) in [6.45, 7) is 1.47. The number of rotatable bonds is 2. The standard InChI is InChI=1S/C4H9NO2S2/c1-3(4(5)8)9(2,6)7/h3H,1-2H3,(H2,5,8). The molecule has 0 spiro atoms. The third-order valence-electron chi connectivity index (χ3n) is 1.04. The fourth-order valence-electron chi connectivity index (χ4n) is 0.211. The minimum atomic E-state index is -3.07. The lowest BCUT2D eigenvalue weighted by molar-refractivity contribution is 0.599. The van der Waals surface area contributed by atoms with Crippen molar-refractivity contribution in [1.82, 2.24) is 0 Å². The summed E-state index contributed by atoms with van der Waals surface area (Å²) >= 11 is 4.46. The van der Waals surface area contributed by atoms with Crippen molar-refractivity contribution in [2.45, 2.75) is 12.2 Å². The van der Waals surface area contributed by atoms with Gasteiger partial charge in [0.15, 0.2) is 9.84 Å². The summed E-state index contributed by atoms with van der Waals surface area (Å²) in [5.74, 6) is 0. The highest BCUT2D eigenvalue weighted by Gasteiger charge is 2.16. The maximum atomic E-state index is 10.6. The number of nitrogens with two attached hydrogens (primary N) is 1. The first-order chi connectivity index (χ1) is 3.85. The molecule has 0 rings (SSSR count). The molecule has 3 nitrogen and oxygen atoms in total. The molecule has 0 bridgehead atoms. The molecule has 0 aliphatic rings. The lowest BCUT2D eigenvalue weighted by Crippen LogP contribution is -2.30. The van der Waals surface area contributed by atoms with E-state index in [-0.39, 0.29) is 4.99 Å². The summed E-state index contributed by atoms with van der Waals surface area (Å²) in [5, 5.41) is -0.701. The van der Waals surface area contributed by atoms with Crippen LogP contribution in [0.15, 0.2) is 0 Å². The van der Waals surface area contributed by atoms with Crippen molar-refractivity contribution in [3.05, 3.63) is 0 Å². The van der Waals surface area contributed by atoms with Crippen molar-refractivity contribution >= 4 is 27.0 Å². The largest absolute Gasteiger partial charge is 0.392 e. The highest BCUT2D eigenvalue weighted by atomic mass is 32.2. The van der Waals surface area contributed by atoms with Gasteiger partial charge in [-0.05, 0) is 6.92 Å². The lowest BCUT2D eigenvalue weighted by Gasteiger charge is -2.04. The lowest BCUT2D eigenvalue weighted by atomic mass is 10.5. The van der Waals surface area contributed by atoms with E-state index in [1.807, 2.05) is 0 Å². The van der Waals surface area contributed by atoms with Gasteiger partial charge in [-0.2, -0.15) is 0 Å². The number of thiocarbonyl (C=S) groups is 1. The van der Waals surface area contributed by atoms with E-state index >= 15 is 0 Å². The molecule has 1 atom stereocenters. The van der Waals surface area contributed by atoms with Gasteiger partial charge in [0, 0.05) is 6.26 Å². The van der Waals surface area contributed by atoms with Gasteiger partial charge in [0.05, 0.1) is 4.99 Å². The Morgan fingerprint density at radius 1 is 1.67 bits per heavy atom. The van der Waals surface area contributed by atoms with Crippen LogP contribution in [0.2, 0.25) is 0 Å². The molecule has 0 saturated carbocycles. The highest BCUT2D eigenvalue weighted by molar-refractivity contribution is 7.94. The Balaban J connectivity index is 4.43. The predicted molar refractivity (Wildman–Crippen MR) is 41.1 cm³/mol. The topological polar surface area (TPSA) is 60.2 Å². The summed E-state index contributed by atoms with van der Waals surface area (Å²) in [4.78, 5) is 0.0255. The zero-order valence-electron chi connectivity index (χ0n) is 5.29. The molecule has 0 amide bonds. The van der Waals surface area contributed by atoms with Gasteiger partial charge in [-0.1, -0.05) is 12.2 Å². The Labute approximate surface area is 60.2 Å². The van der Waals surface area contributed by atoms with Crippen LogP contribution >= 0.6 is 12.2 Å². The summed E-state index contributed by atoms with van der Waals surface area (Å²) in [7, 11) is -3.07. The van der Waals surface area contributed by atoms with Crippen molar-refractivity contribution in [3.8, 4) is 0 Å². The zero-order chi connectivity index (χ0) is 7.65. The normalized spacial score (nSPS) is 14.9. The molecule has 0 aliphatic heterocycles. The van der Waals surface area contributed by atoms with Crippen LogP contribution < -0.4 is 5.73 Å². The molecule has 0 fully saturated rings. The first-order valence-electron chi connectivity index (χ1n) is 2.34. The van der Waals surface area contributed by atoms with Crippen molar-refractivity contribution in [2.24, 2.45) is 5.73 Å². The number of hydrogen-bond donors (Lipinski definition) is 1. The van der Waals surface area contributed by atoms with Gasteiger partial charge in [0.25, 0.3) is 0 Å². The van der Waals surface area contributed by atoms with Crippen LogP contribution in [0.3, 0.4) is 0 Å². The van der Waals surface area contributed by atoms with E-state index in [9.17, 15) is 8.42 Å². The van der Waals surface area contributed by atoms with Crippen LogP contribution in [0.4, 0.5) is 0 Å². The van der Waals surface area contributed by atoms with E-state index < -0.39 is 15.1 Å². The molecule has 0 aromatic carbocycles. The predicted octanol–water partition coefficient (Wildman–Crippen LogP) is -0.294. The van der Waals surface area contributed by atoms with Gasteiger partial charge < -0.3 is 5.73 Å². The molecule has 0 aromatic heterocycles. The first-order valence-corrected chi connectivity index (χ1v) is 4.70. The minimum absolute atomic E-state index is 0.0255. The van der Waals surface area contributed by atoms with Gasteiger partial charge in [-0.15, -0.1) is 0 Å². The highest BCUT2D eigenvalue weighted by Crippen LogP contribution is 1.96. The van der Waals surface area contributed by atoms with Crippen LogP contribution in [0, 0.1) is 0 Å². The molecule has 2 N–H and O–H groups in total. The van der Waals surface area contributed by atoms with E-state index in [0.29, 0.717) is 0 Å². The Bertz CT molecular complexity index is 207. The Morgan fingerprint density at radius 2 is 2.00 bits per heavy atom. The third kappa shape index (κ3) is 2.76. The molecule has 1 unspecified atom stereocenters. The quantitative estimate of drug-likeness (QED) is 0.574. The van der Waals surface area contributed by atoms with E-state index in [1.54, 1.807) is 0 Å². The van der Waals surface area contributed by atoms with E-state index in [0.717, 1.165) is 6.26 Å². The molecule has 9 heavy (non-hydrogen) atoms. The van der Waals surface area contributed by atoms with Crippen molar-refractivity contribution in [2.75, 3.05) is 6.26 Å². The maximum Gasteiger partial charge on any atom is 0.156 e. The monoisotopic (exact) mass is 167 g/mol. The summed E-state index contributed by atoms with van der Waals surface area (Å²) < 4.78 is 21.2. The van der Waals surface area contributed by atoms with Crippen molar-refractivity contribution < 1.29 is 8.42 Å². The van der Waals surface area contributed by atoms with Crippen LogP contribution in [0.1, 0.15) is 6.92 Å². The van der Waals surface area contributed by atoms with Gasteiger partial charge in [-0.25, -0.2) is 8.42 Å². The molecule has 0 aromatic rings. The van der Waals surface area contributed by atoms with Crippen LogP contribution in [-0.2, 0) is 9.84 Å². The fourth-order valence-corrected chi connectivity index (χ4v) is 1.16. The third-order valence-corrected chi connectivity index (χ3v) is 3.08. The maximum absolute atomic E-state index is 10.6. The van der Waals surface area contributed by atoms with Gasteiger partial charge in [-0.3, -0.25) is 0 Å². The number of hydrogen-bond acceptors (Lipinski definition) is 3. The average molecular weight is 167 g/mol. The van der Waals surface area contributed by atoms with Gasteiger partial charge >= 0.3 is 0 Å². The van der Waals surface area contributed by atoms with Crippen LogP contribution in [0.25, 0.3) is 0 Å². The molecular weight excluding hydrogens is 158 g/mol. The molecular formula is C4H9NO2S2. The smallest absolute Gasteiger partial charge is 0.156 e. The fraction of sp³-hybridized carbons (Fsp3) is 0.750.